The number of amides is 1. The maximum Gasteiger partial charge on any atom is 0.269 e. The topological polar surface area (TPSA) is 59.8 Å². The van der Waals surface area contributed by atoms with Gasteiger partial charge in [0.25, 0.3) is 5.91 Å². The molecule has 5 nitrogen and oxygen atoms in total. The van der Waals surface area contributed by atoms with Gasteiger partial charge in [0.2, 0.25) is 0 Å². The maximum atomic E-state index is 12.0. The number of hydrogen-bond acceptors (Lipinski definition) is 3. The monoisotopic (exact) mass is 258 g/mol. The van der Waals surface area contributed by atoms with E-state index >= 15 is 0 Å². The Morgan fingerprint density at radius 2 is 2.32 bits per heavy atom. The Balaban J connectivity index is 1.99. The molecule has 0 fully saturated rings. The van der Waals surface area contributed by atoms with E-state index in [9.17, 15) is 4.79 Å². The molecule has 19 heavy (non-hydrogen) atoms. The number of rotatable bonds is 4. The summed E-state index contributed by atoms with van der Waals surface area (Å²) >= 11 is 0. The molecular formula is C14H18N4O. The summed E-state index contributed by atoms with van der Waals surface area (Å²) < 4.78 is 1.70. The predicted octanol–water partition coefficient (Wildman–Crippen LogP) is 1.48. The molecule has 0 saturated carbocycles. The number of nitrogens with zero attached hydrogens (tertiary/aromatic N) is 3. The summed E-state index contributed by atoms with van der Waals surface area (Å²) in [4.78, 5) is 20.3. The highest BCUT2D eigenvalue weighted by molar-refractivity contribution is 5.92. The van der Waals surface area contributed by atoms with Crippen molar-refractivity contribution in [2.75, 3.05) is 0 Å². The van der Waals surface area contributed by atoms with Crippen molar-refractivity contribution in [3.05, 3.63) is 47.8 Å². The summed E-state index contributed by atoms with van der Waals surface area (Å²) in [7, 11) is 1.80. The molecule has 1 atom stereocenters. The minimum absolute atomic E-state index is 0.0241. The molecule has 1 N–H and O–H groups in total. The molecule has 2 aromatic rings. The number of aromatic nitrogens is 3. The lowest BCUT2D eigenvalue weighted by Gasteiger charge is -2.14. The Labute approximate surface area is 112 Å². The normalized spacial score (nSPS) is 12.2. The average molecular weight is 258 g/mol. The third-order valence-corrected chi connectivity index (χ3v) is 3.04. The molecule has 0 unspecified atom stereocenters. The molecule has 0 bridgehead atoms. The minimum Gasteiger partial charge on any atom is -0.348 e. The van der Waals surface area contributed by atoms with Crippen LogP contribution in [0.1, 0.15) is 28.7 Å². The number of nitrogens with one attached hydrogen (secondary N) is 1. The van der Waals surface area contributed by atoms with E-state index in [-0.39, 0.29) is 11.9 Å². The van der Waals surface area contributed by atoms with Crippen molar-refractivity contribution < 1.29 is 4.79 Å². The van der Waals surface area contributed by atoms with Gasteiger partial charge in [-0.1, -0.05) is 6.07 Å². The molecule has 0 saturated heterocycles. The van der Waals surface area contributed by atoms with Crippen LogP contribution in [0.25, 0.3) is 0 Å². The van der Waals surface area contributed by atoms with Crippen LogP contribution in [0.3, 0.4) is 0 Å². The predicted molar refractivity (Wildman–Crippen MR) is 72.8 cm³/mol. The minimum atomic E-state index is -0.110. The molecule has 0 aliphatic rings. The highest BCUT2D eigenvalue weighted by atomic mass is 16.2. The van der Waals surface area contributed by atoms with Crippen molar-refractivity contribution in [3.63, 3.8) is 0 Å². The largest absolute Gasteiger partial charge is 0.348 e. The van der Waals surface area contributed by atoms with Crippen molar-refractivity contribution in [1.82, 2.24) is 19.9 Å². The second-order valence-electron chi connectivity index (χ2n) is 4.74. The van der Waals surface area contributed by atoms with Crippen LogP contribution in [-0.4, -0.2) is 26.5 Å². The van der Waals surface area contributed by atoms with Gasteiger partial charge in [0.1, 0.15) is 5.69 Å². The van der Waals surface area contributed by atoms with E-state index in [2.05, 4.69) is 15.3 Å². The molecule has 0 aromatic carbocycles. The summed E-state index contributed by atoms with van der Waals surface area (Å²) in [5.41, 5.74) is 2.72. The third-order valence-electron chi connectivity index (χ3n) is 3.04. The van der Waals surface area contributed by atoms with Crippen LogP contribution in [0.2, 0.25) is 0 Å². The van der Waals surface area contributed by atoms with Gasteiger partial charge in [0, 0.05) is 31.4 Å². The van der Waals surface area contributed by atoms with E-state index < -0.39 is 0 Å². The van der Waals surface area contributed by atoms with E-state index in [1.165, 1.54) is 0 Å². The summed E-state index contributed by atoms with van der Waals surface area (Å²) in [6.07, 6.45) is 5.67. The summed E-state index contributed by atoms with van der Waals surface area (Å²) in [5, 5.41) is 2.96. The fraction of sp³-hybridized carbons (Fsp3) is 0.357. The first-order valence-corrected chi connectivity index (χ1v) is 6.25. The lowest BCUT2D eigenvalue weighted by Crippen LogP contribution is -2.35. The first-order chi connectivity index (χ1) is 9.08. The number of carbonyl (C=O) groups excluding carboxylic acids is 1. The van der Waals surface area contributed by atoms with Crippen LogP contribution in [0, 0.1) is 6.92 Å². The average Bonchev–Trinajstić information content (AvgIpc) is 2.78. The fourth-order valence-corrected chi connectivity index (χ4v) is 1.95. The molecule has 2 rings (SSSR count). The van der Waals surface area contributed by atoms with E-state index in [4.69, 9.17) is 0 Å². The second kappa shape index (κ2) is 5.65. The molecule has 2 aromatic heterocycles. The number of hydrogen-bond donors (Lipinski definition) is 1. The molecule has 0 spiro atoms. The van der Waals surface area contributed by atoms with Crippen LogP contribution in [0.5, 0.6) is 0 Å². The summed E-state index contributed by atoms with van der Waals surface area (Å²) in [6.45, 7) is 4.00. The molecule has 0 aliphatic heterocycles. The standard InChI is InChI=1S/C14H18N4O/c1-10-5-4-6-16-12(10)7-11(2)17-14(19)13-8-15-9-18(13)3/h4-6,8-9,11H,7H2,1-3H3,(H,17,19)/t11-/m0/s1. The van der Waals surface area contributed by atoms with Crippen LogP contribution >= 0.6 is 0 Å². The number of pyridine rings is 1. The summed E-state index contributed by atoms with van der Waals surface area (Å²) in [6, 6.07) is 3.96. The van der Waals surface area contributed by atoms with Crippen LogP contribution in [0.15, 0.2) is 30.9 Å². The molecule has 0 radical (unpaired) electrons. The smallest absolute Gasteiger partial charge is 0.269 e. The fourth-order valence-electron chi connectivity index (χ4n) is 1.95. The number of aryl methyl sites for hydroxylation is 2. The van der Waals surface area contributed by atoms with Crippen molar-refractivity contribution in [1.29, 1.82) is 0 Å². The van der Waals surface area contributed by atoms with Gasteiger partial charge < -0.3 is 9.88 Å². The van der Waals surface area contributed by atoms with Gasteiger partial charge in [-0.25, -0.2) is 4.98 Å². The van der Waals surface area contributed by atoms with Gasteiger partial charge in [-0.05, 0) is 25.5 Å². The van der Waals surface area contributed by atoms with Gasteiger partial charge in [0.15, 0.2) is 0 Å². The van der Waals surface area contributed by atoms with E-state index in [1.807, 2.05) is 26.0 Å². The van der Waals surface area contributed by atoms with Crippen LogP contribution in [0.4, 0.5) is 0 Å². The van der Waals surface area contributed by atoms with Crippen molar-refractivity contribution in [3.8, 4) is 0 Å². The van der Waals surface area contributed by atoms with Gasteiger partial charge in [-0.15, -0.1) is 0 Å². The van der Waals surface area contributed by atoms with Crippen LogP contribution in [-0.2, 0) is 13.5 Å². The lowest BCUT2D eigenvalue weighted by atomic mass is 10.1. The Kier molecular flexibility index (Phi) is 3.94. The third kappa shape index (κ3) is 3.19. The Hall–Kier alpha value is -2.17. The first kappa shape index (κ1) is 13.3. The molecule has 1 amide bonds. The highest BCUT2D eigenvalue weighted by Gasteiger charge is 2.14. The summed E-state index contributed by atoms with van der Waals surface area (Å²) in [5.74, 6) is -0.110. The zero-order chi connectivity index (χ0) is 13.8. The number of imidazole rings is 1. The van der Waals surface area contributed by atoms with Crippen molar-refractivity contribution >= 4 is 5.91 Å². The maximum absolute atomic E-state index is 12.0. The SMILES string of the molecule is Cc1cccnc1C[C@H](C)NC(=O)c1cncn1C. The zero-order valence-corrected chi connectivity index (χ0v) is 11.4. The van der Waals surface area contributed by atoms with Gasteiger partial charge in [0.05, 0.1) is 12.5 Å². The number of carbonyl (C=O) groups is 1. The second-order valence-corrected chi connectivity index (χ2v) is 4.74. The molecule has 100 valence electrons. The zero-order valence-electron chi connectivity index (χ0n) is 11.4. The van der Waals surface area contributed by atoms with Gasteiger partial charge >= 0.3 is 0 Å². The molecule has 2 heterocycles. The lowest BCUT2D eigenvalue weighted by molar-refractivity contribution is 0.0931. The quantitative estimate of drug-likeness (QED) is 0.903. The Bertz CT molecular complexity index is 576. The van der Waals surface area contributed by atoms with E-state index in [1.54, 1.807) is 30.3 Å². The van der Waals surface area contributed by atoms with Crippen LogP contribution < -0.4 is 5.32 Å². The molecule has 0 aliphatic carbocycles. The van der Waals surface area contributed by atoms with Gasteiger partial charge in [-0.2, -0.15) is 0 Å². The van der Waals surface area contributed by atoms with E-state index in [0.717, 1.165) is 17.7 Å². The first-order valence-electron chi connectivity index (χ1n) is 6.25. The van der Waals surface area contributed by atoms with E-state index in [0.29, 0.717) is 5.69 Å². The Morgan fingerprint density at radius 1 is 1.53 bits per heavy atom. The van der Waals surface area contributed by atoms with Crippen molar-refractivity contribution in [2.24, 2.45) is 7.05 Å². The van der Waals surface area contributed by atoms with Crippen molar-refractivity contribution in [2.45, 2.75) is 26.3 Å². The molecular weight excluding hydrogens is 240 g/mol. The van der Waals surface area contributed by atoms with Gasteiger partial charge in [-0.3, -0.25) is 9.78 Å². The molecule has 5 heteroatoms. The Morgan fingerprint density at radius 3 is 2.95 bits per heavy atom. The highest BCUT2D eigenvalue weighted by Crippen LogP contribution is 2.07.